The second-order valence-corrected chi connectivity index (χ2v) is 7.69. The first-order valence-electron chi connectivity index (χ1n) is 10.4. The number of benzene rings is 3. The lowest BCUT2D eigenvalue weighted by atomic mass is 10.0. The summed E-state index contributed by atoms with van der Waals surface area (Å²) in [5, 5.41) is 2.96. The summed E-state index contributed by atoms with van der Waals surface area (Å²) in [6, 6.07) is 21.6. The van der Waals surface area contributed by atoms with Gasteiger partial charge in [-0.05, 0) is 59.4 Å². The second-order valence-electron chi connectivity index (χ2n) is 7.69. The number of rotatable bonds is 8. The fourth-order valence-corrected chi connectivity index (χ4v) is 3.30. The average Bonchev–Trinajstić information content (AvgIpc) is 2.77. The molecule has 1 amide bonds. The maximum absolute atomic E-state index is 12.4. The van der Waals surface area contributed by atoms with E-state index in [-0.39, 0.29) is 5.91 Å². The first kappa shape index (κ1) is 22.2. The predicted molar refractivity (Wildman–Crippen MR) is 127 cm³/mol. The van der Waals surface area contributed by atoms with Crippen molar-refractivity contribution in [2.75, 3.05) is 12.4 Å². The Morgan fingerprint density at radius 2 is 1.74 bits per heavy atom. The number of para-hydroxylation sites is 1. The molecule has 3 aromatic carbocycles. The Morgan fingerprint density at radius 3 is 2.48 bits per heavy atom. The van der Waals surface area contributed by atoms with Gasteiger partial charge in [-0.1, -0.05) is 62.4 Å². The van der Waals surface area contributed by atoms with Crippen LogP contribution in [0.4, 0.5) is 5.69 Å². The van der Waals surface area contributed by atoms with Gasteiger partial charge < -0.3 is 14.8 Å². The lowest BCUT2D eigenvalue weighted by Crippen LogP contribution is -2.10. The van der Waals surface area contributed by atoms with E-state index in [0.29, 0.717) is 24.0 Å². The van der Waals surface area contributed by atoms with E-state index in [0.717, 1.165) is 22.4 Å². The van der Waals surface area contributed by atoms with Crippen LogP contribution >= 0.6 is 0 Å². The molecule has 0 saturated carbocycles. The minimum Gasteiger partial charge on any atom is -0.493 e. The maximum Gasteiger partial charge on any atom is 0.248 e. The Balaban J connectivity index is 1.67. The molecular weight excluding hydrogens is 386 g/mol. The van der Waals surface area contributed by atoms with Crippen LogP contribution in [0.25, 0.3) is 6.08 Å². The molecule has 4 nitrogen and oxygen atoms in total. The SMILES string of the molecule is COc1cc(C=CC(=O)Nc2ccccc2C(C)C)ccc1OCc1ccccc1C. The van der Waals surface area contributed by atoms with Gasteiger partial charge in [0.25, 0.3) is 0 Å². The number of ether oxygens (including phenoxy) is 2. The molecule has 0 spiro atoms. The predicted octanol–water partition coefficient (Wildman–Crippen LogP) is 6.36. The molecule has 0 aromatic heterocycles. The first-order chi connectivity index (χ1) is 15.0. The van der Waals surface area contributed by atoms with Crippen LogP contribution in [0.15, 0.2) is 72.8 Å². The molecule has 0 aliphatic rings. The molecule has 0 aliphatic carbocycles. The molecular formula is C27H29NO3. The molecule has 3 rings (SSSR count). The van der Waals surface area contributed by atoms with Gasteiger partial charge in [-0.2, -0.15) is 0 Å². The highest BCUT2D eigenvalue weighted by atomic mass is 16.5. The van der Waals surface area contributed by atoms with Crippen LogP contribution in [-0.2, 0) is 11.4 Å². The monoisotopic (exact) mass is 415 g/mol. The molecule has 1 N–H and O–H groups in total. The molecule has 0 unspecified atom stereocenters. The third-order valence-corrected chi connectivity index (χ3v) is 5.10. The highest BCUT2D eigenvalue weighted by Gasteiger charge is 2.09. The Labute approximate surface area is 184 Å². The number of aryl methyl sites for hydroxylation is 1. The van der Waals surface area contributed by atoms with Crippen LogP contribution in [0.5, 0.6) is 11.5 Å². The molecule has 0 aliphatic heterocycles. The van der Waals surface area contributed by atoms with Crippen LogP contribution in [0.2, 0.25) is 0 Å². The van der Waals surface area contributed by atoms with Gasteiger partial charge in [-0.3, -0.25) is 4.79 Å². The third kappa shape index (κ3) is 5.98. The minimum atomic E-state index is -0.174. The van der Waals surface area contributed by atoms with Crippen molar-refractivity contribution in [3.05, 3.63) is 95.1 Å². The molecule has 160 valence electrons. The number of nitrogens with one attached hydrogen (secondary N) is 1. The fourth-order valence-electron chi connectivity index (χ4n) is 3.30. The van der Waals surface area contributed by atoms with Crippen molar-refractivity contribution in [2.45, 2.75) is 33.3 Å². The number of carbonyl (C=O) groups excluding carboxylic acids is 1. The van der Waals surface area contributed by atoms with E-state index in [1.54, 1.807) is 13.2 Å². The van der Waals surface area contributed by atoms with Gasteiger partial charge in [0, 0.05) is 11.8 Å². The maximum atomic E-state index is 12.4. The topological polar surface area (TPSA) is 47.6 Å². The zero-order valence-corrected chi connectivity index (χ0v) is 18.5. The lowest BCUT2D eigenvalue weighted by molar-refractivity contribution is -0.111. The highest BCUT2D eigenvalue weighted by molar-refractivity contribution is 6.02. The molecule has 3 aromatic rings. The highest BCUT2D eigenvalue weighted by Crippen LogP contribution is 2.30. The van der Waals surface area contributed by atoms with Crippen molar-refractivity contribution in [3.8, 4) is 11.5 Å². The van der Waals surface area contributed by atoms with Crippen LogP contribution in [0.1, 0.15) is 42.0 Å². The molecule has 31 heavy (non-hydrogen) atoms. The van der Waals surface area contributed by atoms with E-state index in [1.165, 1.54) is 11.6 Å². The van der Waals surface area contributed by atoms with Crippen LogP contribution in [0, 0.1) is 6.92 Å². The molecule has 0 radical (unpaired) electrons. The van der Waals surface area contributed by atoms with Crippen molar-refractivity contribution in [2.24, 2.45) is 0 Å². The van der Waals surface area contributed by atoms with Crippen LogP contribution < -0.4 is 14.8 Å². The number of amides is 1. The van der Waals surface area contributed by atoms with Gasteiger partial charge in [-0.25, -0.2) is 0 Å². The van der Waals surface area contributed by atoms with E-state index in [9.17, 15) is 4.79 Å². The largest absolute Gasteiger partial charge is 0.493 e. The lowest BCUT2D eigenvalue weighted by Gasteiger charge is -2.13. The zero-order chi connectivity index (χ0) is 22.2. The minimum absolute atomic E-state index is 0.174. The molecule has 4 heteroatoms. The fraction of sp³-hybridized carbons (Fsp3) is 0.222. The van der Waals surface area contributed by atoms with Crippen molar-refractivity contribution >= 4 is 17.7 Å². The molecule has 0 fully saturated rings. The Bertz CT molecular complexity index is 1070. The van der Waals surface area contributed by atoms with E-state index < -0.39 is 0 Å². The summed E-state index contributed by atoms with van der Waals surface area (Å²) < 4.78 is 11.5. The summed E-state index contributed by atoms with van der Waals surface area (Å²) in [5.41, 5.74) is 5.12. The standard InChI is InChI=1S/C27H29NO3/c1-19(2)23-11-7-8-12-24(23)28-27(29)16-14-21-13-15-25(26(17-21)30-4)31-18-22-10-6-5-9-20(22)3/h5-17,19H,18H2,1-4H3,(H,28,29). The summed E-state index contributed by atoms with van der Waals surface area (Å²) in [7, 11) is 1.61. The molecule has 0 bridgehead atoms. The number of anilines is 1. The van der Waals surface area contributed by atoms with Gasteiger partial charge in [0.1, 0.15) is 6.61 Å². The van der Waals surface area contributed by atoms with Gasteiger partial charge in [0.15, 0.2) is 11.5 Å². The van der Waals surface area contributed by atoms with Crippen molar-refractivity contribution in [1.82, 2.24) is 0 Å². The van der Waals surface area contributed by atoms with E-state index in [4.69, 9.17) is 9.47 Å². The summed E-state index contributed by atoms with van der Waals surface area (Å²) in [6.45, 7) is 6.75. The average molecular weight is 416 g/mol. The van der Waals surface area contributed by atoms with E-state index in [2.05, 4.69) is 38.2 Å². The van der Waals surface area contributed by atoms with Crippen molar-refractivity contribution < 1.29 is 14.3 Å². The summed E-state index contributed by atoms with van der Waals surface area (Å²) >= 11 is 0. The summed E-state index contributed by atoms with van der Waals surface area (Å²) in [4.78, 5) is 12.4. The van der Waals surface area contributed by atoms with Gasteiger partial charge >= 0.3 is 0 Å². The van der Waals surface area contributed by atoms with Crippen LogP contribution in [0.3, 0.4) is 0 Å². The molecule has 0 heterocycles. The summed E-state index contributed by atoms with van der Waals surface area (Å²) in [5.74, 6) is 1.45. The summed E-state index contributed by atoms with van der Waals surface area (Å²) in [6.07, 6.45) is 3.29. The Morgan fingerprint density at radius 1 is 1.00 bits per heavy atom. The van der Waals surface area contributed by atoms with Gasteiger partial charge in [0.2, 0.25) is 5.91 Å². The van der Waals surface area contributed by atoms with E-state index in [1.807, 2.05) is 54.6 Å². The van der Waals surface area contributed by atoms with Crippen molar-refractivity contribution in [3.63, 3.8) is 0 Å². The second kappa shape index (κ2) is 10.5. The van der Waals surface area contributed by atoms with Gasteiger partial charge in [-0.15, -0.1) is 0 Å². The zero-order valence-electron chi connectivity index (χ0n) is 18.5. The first-order valence-corrected chi connectivity index (χ1v) is 10.4. The number of hydrogen-bond acceptors (Lipinski definition) is 3. The quantitative estimate of drug-likeness (QED) is 0.436. The Hall–Kier alpha value is -3.53. The van der Waals surface area contributed by atoms with E-state index >= 15 is 0 Å². The molecule has 0 saturated heterocycles. The smallest absolute Gasteiger partial charge is 0.248 e. The number of hydrogen-bond donors (Lipinski definition) is 1. The normalized spacial score (nSPS) is 11.0. The van der Waals surface area contributed by atoms with Gasteiger partial charge in [0.05, 0.1) is 7.11 Å². The van der Waals surface area contributed by atoms with Crippen LogP contribution in [-0.4, -0.2) is 13.0 Å². The number of carbonyl (C=O) groups is 1. The number of methoxy groups -OCH3 is 1. The van der Waals surface area contributed by atoms with Crippen molar-refractivity contribution in [1.29, 1.82) is 0 Å². The third-order valence-electron chi connectivity index (χ3n) is 5.10. The molecule has 0 atom stereocenters. The Kier molecular flexibility index (Phi) is 7.50.